The molecule has 4 rings (SSSR count). The maximum Gasteiger partial charge on any atom is 0.277 e. The van der Waals surface area contributed by atoms with Crippen LogP contribution in [0.4, 0.5) is 10.8 Å². The van der Waals surface area contributed by atoms with Crippen LogP contribution in [0.2, 0.25) is 0 Å². The number of hydrogen-bond acceptors (Lipinski definition) is 9. The molecule has 0 aliphatic heterocycles. The molecule has 0 unspecified atom stereocenters. The minimum Gasteiger partial charge on any atom is -0.497 e. The molecule has 0 saturated carbocycles. The number of para-hydroxylation sites is 1. The van der Waals surface area contributed by atoms with E-state index in [0.29, 0.717) is 28.4 Å². The Morgan fingerprint density at radius 2 is 1.93 bits per heavy atom. The van der Waals surface area contributed by atoms with Crippen LogP contribution in [0.5, 0.6) is 11.5 Å². The van der Waals surface area contributed by atoms with E-state index in [1.807, 2.05) is 47.8 Å². The third-order valence-corrected chi connectivity index (χ3v) is 5.62. The average Bonchev–Trinajstić information content (AvgIpc) is 3.42. The Morgan fingerprint density at radius 3 is 2.72 bits per heavy atom. The predicted molar refractivity (Wildman–Crippen MR) is 114 cm³/mol. The topological polar surface area (TPSA) is 82.3 Å². The van der Waals surface area contributed by atoms with E-state index in [1.54, 1.807) is 31.6 Å². The van der Waals surface area contributed by atoms with Crippen LogP contribution in [0.1, 0.15) is 5.69 Å². The summed E-state index contributed by atoms with van der Waals surface area (Å²) < 4.78 is 16.4. The molecule has 148 valence electrons. The minimum absolute atomic E-state index is 0.400. The van der Waals surface area contributed by atoms with Crippen molar-refractivity contribution in [2.75, 3.05) is 19.5 Å². The molecule has 0 amide bonds. The average molecular weight is 427 g/mol. The zero-order chi connectivity index (χ0) is 20.1. The van der Waals surface area contributed by atoms with Crippen LogP contribution in [-0.4, -0.2) is 29.4 Å². The Bertz CT molecular complexity index is 1080. The molecule has 4 aromatic rings. The van der Waals surface area contributed by atoms with Gasteiger partial charge in [-0.2, -0.15) is 0 Å². The van der Waals surface area contributed by atoms with Crippen LogP contribution >= 0.6 is 23.1 Å². The summed E-state index contributed by atoms with van der Waals surface area (Å²) in [5.41, 5.74) is 2.67. The van der Waals surface area contributed by atoms with Crippen molar-refractivity contribution in [1.29, 1.82) is 0 Å². The number of anilines is 2. The first-order valence-corrected chi connectivity index (χ1v) is 10.6. The SMILES string of the molecule is COc1ccc(-c2nnc(SCc3csc(Nc4ccccc4)n3)o2)c(OC)c1. The number of nitrogens with zero attached hydrogens (tertiary/aromatic N) is 3. The summed E-state index contributed by atoms with van der Waals surface area (Å²) >= 11 is 3.00. The number of nitrogens with one attached hydrogen (secondary N) is 1. The highest BCUT2D eigenvalue weighted by molar-refractivity contribution is 7.98. The number of benzene rings is 2. The fourth-order valence-electron chi connectivity index (χ4n) is 2.56. The number of thiazole rings is 1. The van der Waals surface area contributed by atoms with Gasteiger partial charge in [0.25, 0.3) is 11.1 Å². The van der Waals surface area contributed by atoms with Gasteiger partial charge >= 0.3 is 0 Å². The fourth-order valence-corrected chi connectivity index (χ4v) is 4.06. The van der Waals surface area contributed by atoms with Crippen LogP contribution in [0.15, 0.2) is 63.6 Å². The lowest BCUT2D eigenvalue weighted by Crippen LogP contribution is -1.90. The summed E-state index contributed by atoms with van der Waals surface area (Å²) in [7, 11) is 3.20. The van der Waals surface area contributed by atoms with Gasteiger partial charge in [0.05, 0.1) is 25.5 Å². The summed E-state index contributed by atoms with van der Waals surface area (Å²) in [5.74, 6) is 2.34. The molecule has 7 nitrogen and oxygen atoms in total. The molecule has 29 heavy (non-hydrogen) atoms. The number of hydrogen-bond donors (Lipinski definition) is 1. The molecule has 0 spiro atoms. The summed E-state index contributed by atoms with van der Waals surface area (Å²) in [4.78, 5) is 4.59. The van der Waals surface area contributed by atoms with Gasteiger partial charge in [-0.25, -0.2) is 4.98 Å². The van der Waals surface area contributed by atoms with Crippen LogP contribution in [-0.2, 0) is 5.75 Å². The van der Waals surface area contributed by atoms with Crippen LogP contribution in [0.3, 0.4) is 0 Å². The zero-order valence-corrected chi connectivity index (χ0v) is 17.4. The van der Waals surface area contributed by atoms with Crippen molar-refractivity contribution in [3.8, 4) is 23.0 Å². The largest absolute Gasteiger partial charge is 0.497 e. The Hall–Kier alpha value is -3.04. The highest BCUT2D eigenvalue weighted by atomic mass is 32.2. The third-order valence-electron chi connectivity index (χ3n) is 3.97. The van der Waals surface area contributed by atoms with Crippen LogP contribution in [0.25, 0.3) is 11.5 Å². The smallest absolute Gasteiger partial charge is 0.277 e. The molecular weight excluding hydrogens is 408 g/mol. The number of ether oxygens (including phenoxy) is 2. The molecule has 0 fully saturated rings. The second kappa shape index (κ2) is 8.97. The van der Waals surface area contributed by atoms with Gasteiger partial charge < -0.3 is 19.2 Å². The maximum absolute atomic E-state index is 5.79. The molecule has 1 N–H and O–H groups in total. The number of aromatic nitrogens is 3. The fraction of sp³-hybridized carbons (Fsp3) is 0.150. The van der Waals surface area contributed by atoms with Crippen molar-refractivity contribution in [3.05, 3.63) is 59.6 Å². The minimum atomic E-state index is 0.400. The molecule has 2 aromatic carbocycles. The van der Waals surface area contributed by atoms with Crippen molar-refractivity contribution in [1.82, 2.24) is 15.2 Å². The van der Waals surface area contributed by atoms with Gasteiger partial charge in [0.15, 0.2) is 5.13 Å². The molecule has 0 aliphatic carbocycles. The van der Waals surface area contributed by atoms with E-state index in [0.717, 1.165) is 22.1 Å². The lowest BCUT2D eigenvalue weighted by molar-refractivity contribution is 0.393. The maximum atomic E-state index is 5.79. The molecule has 0 aliphatic rings. The number of rotatable bonds is 8. The quantitative estimate of drug-likeness (QED) is 0.383. The lowest BCUT2D eigenvalue weighted by atomic mass is 10.2. The van der Waals surface area contributed by atoms with Gasteiger partial charge in [-0.1, -0.05) is 30.0 Å². The third kappa shape index (κ3) is 4.69. The van der Waals surface area contributed by atoms with E-state index < -0.39 is 0 Å². The van der Waals surface area contributed by atoms with Gasteiger partial charge in [-0.15, -0.1) is 21.5 Å². The molecule has 0 bridgehead atoms. The first-order valence-electron chi connectivity index (χ1n) is 8.70. The van der Waals surface area contributed by atoms with E-state index in [2.05, 4.69) is 20.5 Å². The van der Waals surface area contributed by atoms with Crippen molar-refractivity contribution in [3.63, 3.8) is 0 Å². The molecule has 2 aromatic heterocycles. The second-order valence-corrected chi connectivity index (χ2v) is 7.65. The van der Waals surface area contributed by atoms with Crippen LogP contribution in [0, 0.1) is 0 Å². The molecular formula is C20H18N4O3S2. The summed E-state index contributed by atoms with van der Waals surface area (Å²) in [6.07, 6.45) is 0. The molecule has 0 saturated heterocycles. The molecule has 2 heterocycles. The van der Waals surface area contributed by atoms with E-state index in [4.69, 9.17) is 13.9 Å². The second-order valence-electron chi connectivity index (χ2n) is 5.86. The summed E-state index contributed by atoms with van der Waals surface area (Å²) in [6.45, 7) is 0. The van der Waals surface area contributed by atoms with E-state index in [9.17, 15) is 0 Å². The Balaban J connectivity index is 1.40. The number of methoxy groups -OCH3 is 2. The van der Waals surface area contributed by atoms with E-state index in [1.165, 1.54) is 11.8 Å². The van der Waals surface area contributed by atoms with E-state index >= 15 is 0 Å². The van der Waals surface area contributed by atoms with E-state index in [-0.39, 0.29) is 0 Å². The van der Waals surface area contributed by atoms with Crippen molar-refractivity contribution < 1.29 is 13.9 Å². The van der Waals surface area contributed by atoms with Crippen LogP contribution < -0.4 is 14.8 Å². The first kappa shape index (κ1) is 19.3. The van der Waals surface area contributed by atoms with Gasteiger partial charge in [-0.05, 0) is 24.3 Å². The highest BCUT2D eigenvalue weighted by Gasteiger charge is 2.15. The van der Waals surface area contributed by atoms with Gasteiger partial charge in [0.2, 0.25) is 0 Å². The van der Waals surface area contributed by atoms with Crippen molar-refractivity contribution in [2.45, 2.75) is 11.0 Å². The monoisotopic (exact) mass is 426 g/mol. The molecule has 9 heteroatoms. The normalized spacial score (nSPS) is 10.7. The first-order chi connectivity index (χ1) is 14.2. The van der Waals surface area contributed by atoms with Gasteiger partial charge in [0.1, 0.15) is 11.5 Å². The van der Waals surface area contributed by atoms with Gasteiger partial charge in [0, 0.05) is 22.9 Å². The Kier molecular flexibility index (Phi) is 5.97. The zero-order valence-electron chi connectivity index (χ0n) is 15.8. The molecule has 0 atom stereocenters. The lowest BCUT2D eigenvalue weighted by Gasteiger charge is -2.07. The standard InChI is InChI=1S/C20H18N4O3S2/c1-25-15-8-9-16(17(10-15)26-2)18-23-24-20(27-18)29-12-14-11-28-19(22-14)21-13-6-4-3-5-7-13/h3-11H,12H2,1-2H3,(H,21,22). The predicted octanol–water partition coefficient (Wildman–Crippen LogP) is 5.25. The highest BCUT2D eigenvalue weighted by Crippen LogP contribution is 2.34. The Labute approximate surface area is 176 Å². The van der Waals surface area contributed by atoms with Crippen molar-refractivity contribution in [2.24, 2.45) is 0 Å². The van der Waals surface area contributed by atoms with Gasteiger partial charge in [-0.3, -0.25) is 0 Å². The Morgan fingerprint density at radius 1 is 1.07 bits per heavy atom. The number of thioether (sulfide) groups is 1. The molecule has 0 radical (unpaired) electrons. The summed E-state index contributed by atoms with van der Waals surface area (Å²) in [5, 5.41) is 14.9. The summed E-state index contributed by atoms with van der Waals surface area (Å²) in [6, 6.07) is 15.4. The van der Waals surface area contributed by atoms with Crippen molar-refractivity contribution >= 4 is 33.9 Å².